The highest BCUT2D eigenvalue weighted by atomic mass is 16.5. The molecule has 0 amide bonds. The van der Waals surface area contributed by atoms with E-state index >= 15 is 0 Å². The molecule has 0 aliphatic carbocycles. The van der Waals surface area contributed by atoms with Gasteiger partial charge in [0.05, 0.1) is 6.61 Å². The first-order valence-corrected chi connectivity index (χ1v) is 3.96. The predicted octanol–water partition coefficient (Wildman–Crippen LogP) is 1.56. The summed E-state index contributed by atoms with van der Waals surface area (Å²) in [6, 6.07) is 7.62. The Labute approximate surface area is 71.9 Å². The Hall–Kier alpha value is -1.06. The maximum atomic E-state index is 8.51. The number of benzene rings is 1. The molecule has 66 valence electrons. The van der Waals surface area contributed by atoms with E-state index in [9.17, 15) is 0 Å². The molecule has 0 unspecified atom stereocenters. The lowest BCUT2D eigenvalue weighted by atomic mass is 10.2. The van der Waals surface area contributed by atoms with Gasteiger partial charge in [-0.25, -0.2) is 5.48 Å². The smallest absolute Gasteiger partial charge is 0.123 e. The van der Waals surface area contributed by atoms with Gasteiger partial charge in [0, 0.05) is 12.1 Å². The molecular weight excluding hydrogens is 154 g/mol. The van der Waals surface area contributed by atoms with E-state index in [1.165, 1.54) is 0 Å². The molecule has 0 fully saturated rings. The highest BCUT2D eigenvalue weighted by molar-refractivity contribution is 5.32. The van der Waals surface area contributed by atoms with E-state index < -0.39 is 0 Å². The third-order valence-corrected chi connectivity index (χ3v) is 1.54. The first-order chi connectivity index (χ1) is 5.88. The maximum absolute atomic E-state index is 8.51. The summed E-state index contributed by atoms with van der Waals surface area (Å²) in [6.45, 7) is 2.99. The van der Waals surface area contributed by atoms with Crippen LogP contribution in [0.3, 0.4) is 0 Å². The molecule has 0 radical (unpaired) electrons. The fourth-order valence-electron chi connectivity index (χ4n) is 1.03. The average Bonchev–Trinajstić information content (AvgIpc) is 2.09. The van der Waals surface area contributed by atoms with Crippen molar-refractivity contribution in [2.45, 2.75) is 13.5 Å². The van der Waals surface area contributed by atoms with Gasteiger partial charge in [0.15, 0.2) is 0 Å². The van der Waals surface area contributed by atoms with Gasteiger partial charge in [-0.1, -0.05) is 18.2 Å². The lowest BCUT2D eigenvalue weighted by molar-refractivity contribution is 0.159. The van der Waals surface area contributed by atoms with Crippen molar-refractivity contribution in [2.75, 3.05) is 6.61 Å². The van der Waals surface area contributed by atoms with Crippen LogP contribution >= 0.6 is 0 Å². The molecule has 0 saturated heterocycles. The van der Waals surface area contributed by atoms with Gasteiger partial charge in [0.1, 0.15) is 5.75 Å². The van der Waals surface area contributed by atoms with E-state index in [0.717, 1.165) is 11.3 Å². The molecule has 0 spiro atoms. The first-order valence-electron chi connectivity index (χ1n) is 3.96. The molecule has 0 atom stereocenters. The molecule has 1 rings (SSSR count). The summed E-state index contributed by atoms with van der Waals surface area (Å²) >= 11 is 0. The van der Waals surface area contributed by atoms with E-state index in [1.54, 1.807) is 0 Å². The first kappa shape index (κ1) is 9.03. The standard InChI is InChI=1S/C9H13NO2/c1-2-12-9-6-4-3-5-8(9)7-10-11/h3-6,10-11H,2,7H2,1H3. The molecule has 1 aromatic rings. The number of nitrogens with one attached hydrogen (secondary N) is 1. The molecule has 2 N–H and O–H groups in total. The second kappa shape index (κ2) is 4.74. The zero-order valence-corrected chi connectivity index (χ0v) is 7.08. The SMILES string of the molecule is CCOc1ccccc1CNO. The highest BCUT2D eigenvalue weighted by Crippen LogP contribution is 2.16. The lowest BCUT2D eigenvalue weighted by Crippen LogP contribution is -2.07. The Morgan fingerprint density at radius 1 is 1.42 bits per heavy atom. The van der Waals surface area contributed by atoms with Gasteiger partial charge in [-0.2, -0.15) is 0 Å². The summed E-state index contributed by atoms with van der Waals surface area (Å²) in [4.78, 5) is 0. The van der Waals surface area contributed by atoms with Gasteiger partial charge in [-0.15, -0.1) is 0 Å². The predicted molar refractivity (Wildman–Crippen MR) is 46.2 cm³/mol. The van der Waals surface area contributed by atoms with Crippen LogP contribution in [0, 0.1) is 0 Å². The van der Waals surface area contributed by atoms with Gasteiger partial charge >= 0.3 is 0 Å². The van der Waals surface area contributed by atoms with Crippen molar-refractivity contribution in [1.82, 2.24) is 5.48 Å². The number of rotatable bonds is 4. The second-order valence-electron chi connectivity index (χ2n) is 2.38. The van der Waals surface area contributed by atoms with Crippen LogP contribution in [0.1, 0.15) is 12.5 Å². The van der Waals surface area contributed by atoms with Crippen LogP contribution in [0.25, 0.3) is 0 Å². The summed E-state index contributed by atoms with van der Waals surface area (Å²) in [5.74, 6) is 0.821. The molecule has 0 heterocycles. The second-order valence-corrected chi connectivity index (χ2v) is 2.38. The third-order valence-electron chi connectivity index (χ3n) is 1.54. The topological polar surface area (TPSA) is 41.5 Å². The Bertz CT molecular complexity index is 213. The summed E-state index contributed by atoms with van der Waals surface area (Å²) in [7, 11) is 0. The minimum atomic E-state index is 0.413. The molecule has 0 aromatic heterocycles. The van der Waals surface area contributed by atoms with Gasteiger partial charge < -0.3 is 9.94 Å². The molecule has 0 saturated carbocycles. The van der Waals surface area contributed by atoms with Crippen molar-refractivity contribution in [3.05, 3.63) is 29.8 Å². The zero-order valence-electron chi connectivity index (χ0n) is 7.08. The van der Waals surface area contributed by atoms with Crippen molar-refractivity contribution in [3.8, 4) is 5.75 Å². The summed E-state index contributed by atoms with van der Waals surface area (Å²) in [5.41, 5.74) is 3.06. The number of hydrogen-bond donors (Lipinski definition) is 2. The highest BCUT2D eigenvalue weighted by Gasteiger charge is 1.99. The maximum Gasteiger partial charge on any atom is 0.123 e. The Balaban J connectivity index is 2.77. The summed E-state index contributed by atoms with van der Waals surface area (Å²) in [5, 5.41) is 8.51. The normalized spacial score (nSPS) is 9.83. The van der Waals surface area contributed by atoms with E-state index in [1.807, 2.05) is 31.2 Å². The van der Waals surface area contributed by atoms with Crippen LogP contribution in [-0.2, 0) is 6.54 Å². The van der Waals surface area contributed by atoms with Crippen LogP contribution in [0.2, 0.25) is 0 Å². The van der Waals surface area contributed by atoms with Crippen molar-refractivity contribution in [2.24, 2.45) is 0 Å². The number of hydroxylamine groups is 1. The molecular formula is C9H13NO2. The van der Waals surface area contributed by atoms with Crippen molar-refractivity contribution < 1.29 is 9.94 Å². The quantitative estimate of drug-likeness (QED) is 0.669. The number of para-hydroxylation sites is 1. The minimum absolute atomic E-state index is 0.413. The van der Waals surface area contributed by atoms with Crippen molar-refractivity contribution in [3.63, 3.8) is 0 Å². The Morgan fingerprint density at radius 3 is 2.83 bits per heavy atom. The molecule has 1 aromatic carbocycles. The van der Waals surface area contributed by atoms with Crippen LogP contribution in [0.15, 0.2) is 24.3 Å². The van der Waals surface area contributed by atoms with Crippen LogP contribution in [0.5, 0.6) is 5.75 Å². The van der Waals surface area contributed by atoms with E-state index in [2.05, 4.69) is 5.48 Å². The molecule has 3 heteroatoms. The molecule has 3 nitrogen and oxygen atoms in total. The molecule has 0 aliphatic rings. The van der Waals surface area contributed by atoms with E-state index in [-0.39, 0.29) is 0 Å². The summed E-state index contributed by atoms with van der Waals surface area (Å²) < 4.78 is 5.34. The van der Waals surface area contributed by atoms with Crippen LogP contribution in [-0.4, -0.2) is 11.8 Å². The number of hydrogen-bond acceptors (Lipinski definition) is 3. The molecule has 0 aliphatic heterocycles. The van der Waals surface area contributed by atoms with Gasteiger partial charge in [0.25, 0.3) is 0 Å². The fourth-order valence-corrected chi connectivity index (χ4v) is 1.03. The van der Waals surface area contributed by atoms with Crippen molar-refractivity contribution in [1.29, 1.82) is 0 Å². The molecule has 0 bridgehead atoms. The van der Waals surface area contributed by atoms with Crippen LogP contribution in [0.4, 0.5) is 0 Å². The average molecular weight is 167 g/mol. The van der Waals surface area contributed by atoms with Gasteiger partial charge in [-0.05, 0) is 13.0 Å². The van der Waals surface area contributed by atoms with E-state index in [4.69, 9.17) is 9.94 Å². The van der Waals surface area contributed by atoms with Crippen LogP contribution < -0.4 is 10.2 Å². The Kier molecular flexibility index (Phi) is 3.57. The molecule has 12 heavy (non-hydrogen) atoms. The van der Waals surface area contributed by atoms with Crippen molar-refractivity contribution >= 4 is 0 Å². The van der Waals surface area contributed by atoms with E-state index in [0.29, 0.717) is 13.2 Å². The minimum Gasteiger partial charge on any atom is -0.494 e. The monoisotopic (exact) mass is 167 g/mol. The summed E-state index contributed by atoms with van der Waals surface area (Å²) in [6.07, 6.45) is 0. The lowest BCUT2D eigenvalue weighted by Gasteiger charge is -2.08. The number of ether oxygens (including phenoxy) is 1. The van der Waals surface area contributed by atoms with Gasteiger partial charge in [-0.3, -0.25) is 0 Å². The zero-order chi connectivity index (χ0) is 8.81. The largest absolute Gasteiger partial charge is 0.494 e. The van der Waals surface area contributed by atoms with Gasteiger partial charge in [0.2, 0.25) is 0 Å². The fraction of sp³-hybridized carbons (Fsp3) is 0.333. The third kappa shape index (κ3) is 2.22. The Morgan fingerprint density at radius 2 is 2.17 bits per heavy atom.